The highest BCUT2D eigenvalue weighted by Crippen LogP contribution is 2.23. The van der Waals surface area contributed by atoms with E-state index in [1.807, 2.05) is 26.0 Å². The Kier molecular flexibility index (Phi) is 2.75. The van der Waals surface area contributed by atoms with Crippen molar-refractivity contribution in [3.8, 4) is 0 Å². The molecule has 0 fully saturated rings. The van der Waals surface area contributed by atoms with E-state index in [4.69, 9.17) is 0 Å². The van der Waals surface area contributed by atoms with Crippen LogP contribution in [0.5, 0.6) is 0 Å². The van der Waals surface area contributed by atoms with Gasteiger partial charge >= 0.3 is 5.97 Å². The minimum atomic E-state index is -0.875. The number of rotatable bonds is 3. The average Bonchev–Trinajstić information content (AvgIpc) is 2.79. The SMILES string of the molecule is Cc1ccc(C)n1C(C(=O)O)c1cnn(C)c1. The Bertz CT molecular complexity index is 534. The normalized spacial score (nSPS) is 12.6. The number of nitrogens with zero attached hydrogens (tertiary/aromatic N) is 3. The monoisotopic (exact) mass is 233 g/mol. The first-order valence-corrected chi connectivity index (χ1v) is 5.36. The van der Waals surface area contributed by atoms with Gasteiger partial charge in [0.2, 0.25) is 0 Å². The molecule has 17 heavy (non-hydrogen) atoms. The maximum Gasteiger partial charge on any atom is 0.331 e. The highest BCUT2D eigenvalue weighted by molar-refractivity contribution is 5.76. The molecule has 0 radical (unpaired) electrons. The van der Waals surface area contributed by atoms with Gasteiger partial charge in [0.05, 0.1) is 6.20 Å². The quantitative estimate of drug-likeness (QED) is 0.874. The molecule has 0 aliphatic carbocycles. The highest BCUT2D eigenvalue weighted by atomic mass is 16.4. The van der Waals surface area contributed by atoms with Crippen LogP contribution in [0.15, 0.2) is 24.5 Å². The Balaban J connectivity index is 2.54. The van der Waals surface area contributed by atoms with Gasteiger partial charge in [-0.3, -0.25) is 4.68 Å². The Morgan fingerprint density at radius 2 is 1.94 bits per heavy atom. The molecule has 0 saturated carbocycles. The van der Waals surface area contributed by atoms with Crippen molar-refractivity contribution < 1.29 is 9.90 Å². The molecule has 0 amide bonds. The van der Waals surface area contributed by atoms with E-state index in [0.29, 0.717) is 5.56 Å². The minimum absolute atomic E-state index is 0.683. The lowest BCUT2D eigenvalue weighted by Gasteiger charge is -2.17. The molecule has 0 saturated heterocycles. The van der Waals surface area contributed by atoms with Crippen LogP contribution in [0.4, 0.5) is 0 Å². The molecule has 1 atom stereocenters. The standard InChI is InChI=1S/C12H15N3O2/c1-8-4-5-9(2)15(8)11(12(16)17)10-6-13-14(3)7-10/h4-7,11H,1-3H3,(H,16,17). The van der Waals surface area contributed by atoms with Crippen LogP contribution in [0.3, 0.4) is 0 Å². The summed E-state index contributed by atoms with van der Waals surface area (Å²) in [6.45, 7) is 3.80. The van der Waals surface area contributed by atoms with Gasteiger partial charge < -0.3 is 9.67 Å². The van der Waals surface area contributed by atoms with E-state index in [-0.39, 0.29) is 0 Å². The first kappa shape index (κ1) is 11.4. The molecule has 2 aromatic rings. The van der Waals surface area contributed by atoms with Crippen LogP contribution in [-0.4, -0.2) is 25.4 Å². The third-order valence-electron chi connectivity index (χ3n) is 2.86. The molecule has 0 aliphatic rings. The van der Waals surface area contributed by atoms with Crippen LogP contribution in [0.2, 0.25) is 0 Å². The van der Waals surface area contributed by atoms with Crippen LogP contribution in [0.1, 0.15) is 23.0 Å². The molecule has 2 aromatic heterocycles. The van der Waals surface area contributed by atoms with Gasteiger partial charge in [0.25, 0.3) is 0 Å². The Morgan fingerprint density at radius 3 is 2.35 bits per heavy atom. The molecule has 2 rings (SSSR count). The second-order valence-electron chi connectivity index (χ2n) is 4.17. The van der Waals surface area contributed by atoms with Crippen molar-refractivity contribution in [2.24, 2.45) is 7.05 Å². The van der Waals surface area contributed by atoms with Crippen molar-refractivity contribution in [1.29, 1.82) is 0 Å². The molecule has 5 nitrogen and oxygen atoms in total. The summed E-state index contributed by atoms with van der Waals surface area (Å²) >= 11 is 0. The fourth-order valence-corrected chi connectivity index (χ4v) is 2.07. The lowest BCUT2D eigenvalue weighted by Crippen LogP contribution is -2.21. The van der Waals surface area contributed by atoms with Crippen molar-refractivity contribution in [1.82, 2.24) is 14.3 Å². The van der Waals surface area contributed by atoms with Gasteiger partial charge in [-0.25, -0.2) is 4.79 Å². The van der Waals surface area contributed by atoms with Gasteiger partial charge in [-0.2, -0.15) is 5.10 Å². The highest BCUT2D eigenvalue weighted by Gasteiger charge is 2.25. The number of carboxylic acid groups (broad SMARTS) is 1. The van der Waals surface area contributed by atoms with Gasteiger partial charge in [0.1, 0.15) is 0 Å². The van der Waals surface area contributed by atoms with Gasteiger partial charge in [-0.15, -0.1) is 0 Å². The lowest BCUT2D eigenvalue weighted by atomic mass is 10.1. The van der Waals surface area contributed by atoms with Crippen molar-refractivity contribution in [2.45, 2.75) is 19.9 Å². The van der Waals surface area contributed by atoms with Crippen LogP contribution < -0.4 is 0 Å². The minimum Gasteiger partial charge on any atom is -0.479 e. The topological polar surface area (TPSA) is 60.1 Å². The predicted octanol–water partition coefficient (Wildman–Crippen LogP) is 1.51. The smallest absolute Gasteiger partial charge is 0.331 e. The zero-order valence-corrected chi connectivity index (χ0v) is 10.1. The molecule has 90 valence electrons. The molecular weight excluding hydrogens is 218 g/mol. The number of aliphatic carboxylic acids is 1. The summed E-state index contributed by atoms with van der Waals surface area (Å²) in [6.07, 6.45) is 3.33. The Morgan fingerprint density at radius 1 is 1.35 bits per heavy atom. The van der Waals surface area contributed by atoms with Crippen LogP contribution in [0, 0.1) is 13.8 Å². The van der Waals surface area contributed by atoms with E-state index in [1.54, 1.807) is 28.7 Å². The lowest BCUT2D eigenvalue weighted by molar-refractivity contribution is -0.139. The summed E-state index contributed by atoms with van der Waals surface area (Å²) in [5.74, 6) is -0.875. The fourth-order valence-electron chi connectivity index (χ4n) is 2.07. The number of hydrogen-bond acceptors (Lipinski definition) is 2. The third-order valence-corrected chi connectivity index (χ3v) is 2.86. The maximum absolute atomic E-state index is 11.5. The molecule has 2 heterocycles. The zero-order chi connectivity index (χ0) is 12.6. The maximum atomic E-state index is 11.5. The first-order valence-electron chi connectivity index (χ1n) is 5.36. The van der Waals surface area contributed by atoms with Gasteiger partial charge in [-0.05, 0) is 26.0 Å². The molecule has 1 unspecified atom stereocenters. The van der Waals surface area contributed by atoms with E-state index in [9.17, 15) is 9.90 Å². The van der Waals surface area contributed by atoms with Crippen LogP contribution in [-0.2, 0) is 11.8 Å². The Hall–Kier alpha value is -2.04. The molecule has 0 spiro atoms. The summed E-state index contributed by atoms with van der Waals surface area (Å²) in [5.41, 5.74) is 2.54. The molecule has 1 N–H and O–H groups in total. The first-order chi connectivity index (χ1) is 8.00. The summed E-state index contributed by atoms with van der Waals surface area (Å²) in [4.78, 5) is 11.5. The van der Waals surface area contributed by atoms with Crippen molar-refractivity contribution in [3.63, 3.8) is 0 Å². The molecular formula is C12H15N3O2. The summed E-state index contributed by atoms with van der Waals surface area (Å²) in [7, 11) is 1.78. The number of hydrogen-bond donors (Lipinski definition) is 1. The summed E-state index contributed by atoms with van der Waals surface area (Å²) in [5, 5.41) is 13.4. The number of aromatic nitrogens is 3. The van der Waals surface area contributed by atoms with Crippen molar-refractivity contribution in [3.05, 3.63) is 41.5 Å². The van der Waals surface area contributed by atoms with Gasteiger partial charge in [0, 0.05) is 30.2 Å². The third kappa shape index (κ3) is 1.95. The molecule has 0 bridgehead atoms. The van der Waals surface area contributed by atoms with E-state index in [1.165, 1.54) is 0 Å². The molecule has 5 heteroatoms. The van der Waals surface area contributed by atoms with Gasteiger partial charge in [-0.1, -0.05) is 0 Å². The van der Waals surface area contributed by atoms with Crippen LogP contribution >= 0.6 is 0 Å². The van der Waals surface area contributed by atoms with E-state index >= 15 is 0 Å². The molecule has 0 aliphatic heterocycles. The Labute approximate surface area is 99.3 Å². The van der Waals surface area contributed by atoms with E-state index < -0.39 is 12.0 Å². The molecule has 0 aromatic carbocycles. The second-order valence-corrected chi connectivity index (χ2v) is 4.17. The zero-order valence-electron chi connectivity index (χ0n) is 10.1. The number of carbonyl (C=O) groups is 1. The number of carboxylic acids is 1. The number of aryl methyl sites for hydroxylation is 3. The van der Waals surface area contributed by atoms with E-state index in [2.05, 4.69) is 5.10 Å². The van der Waals surface area contributed by atoms with Crippen LogP contribution in [0.25, 0.3) is 0 Å². The average molecular weight is 233 g/mol. The van der Waals surface area contributed by atoms with E-state index in [0.717, 1.165) is 11.4 Å². The van der Waals surface area contributed by atoms with Crippen molar-refractivity contribution in [2.75, 3.05) is 0 Å². The second kappa shape index (κ2) is 4.08. The summed E-state index contributed by atoms with van der Waals surface area (Å²) < 4.78 is 3.42. The fraction of sp³-hybridized carbons (Fsp3) is 0.333. The predicted molar refractivity (Wildman–Crippen MR) is 62.9 cm³/mol. The van der Waals surface area contributed by atoms with Gasteiger partial charge in [0.15, 0.2) is 6.04 Å². The largest absolute Gasteiger partial charge is 0.479 e. The summed E-state index contributed by atoms with van der Waals surface area (Å²) in [6, 6.07) is 3.13. The van der Waals surface area contributed by atoms with Crippen molar-refractivity contribution >= 4 is 5.97 Å².